The maximum absolute atomic E-state index is 13.5. The Morgan fingerprint density at radius 3 is 2.45 bits per heavy atom. The number of methoxy groups -OCH3 is 2. The third-order valence-corrected chi connectivity index (χ3v) is 6.37. The number of hydrogen-bond donors (Lipinski definition) is 1. The maximum Gasteiger partial charge on any atom is 0.277 e. The smallest absolute Gasteiger partial charge is 0.277 e. The van der Waals surface area contributed by atoms with Gasteiger partial charge in [0.1, 0.15) is 5.70 Å². The summed E-state index contributed by atoms with van der Waals surface area (Å²) in [5.41, 5.74) is 2.59. The molecule has 4 rings (SSSR count). The van der Waals surface area contributed by atoms with Crippen LogP contribution in [0.4, 0.5) is 0 Å². The molecule has 2 aliphatic heterocycles. The fourth-order valence-electron chi connectivity index (χ4n) is 4.62. The molecule has 0 aliphatic carbocycles. The quantitative estimate of drug-likeness (QED) is 0.623. The first-order valence-electron chi connectivity index (χ1n) is 11.3. The predicted octanol–water partition coefficient (Wildman–Crippen LogP) is 2.73. The van der Waals surface area contributed by atoms with Crippen LogP contribution in [0.2, 0.25) is 0 Å². The van der Waals surface area contributed by atoms with Gasteiger partial charge in [-0.25, -0.2) is 0 Å². The summed E-state index contributed by atoms with van der Waals surface area (Å²) in [6.07, 6.45) is 2.31. The Hall–Kier alpha value is -3.32. The number of amides is 2. The third kappa shape index (κ3) is 4.59. The molecule has 0 bridgehead atoms. The highest BCUT2D eigenvalue weighted by atomic mass is 16.5. The Labute approximate surface area is 194 Å². The Bertz CT molecular complexity index is 1050. The number of benzene rings is 2. The van der Waals surface area contributed by atoms with E-state index in [1.165, 1.54) is 4.90 Å². The topological polar surface area (TPSA) is 79.3 Å². The molecule has 7 heteroatoms. The zero-order chi connectivity index (χ0) is 23.4. The Morgan fingerprint density at radius 1 is 1.00 bits per heavy atom. The predicted molar refractivity (Wildman–Crippen MR) is 125 cm³/mol. The number of nitrogens with zero attached hydrogens (tertiary/aromatic N) is 2. The van der Waals surface area contributed by atoms with Crippen molar-refractivity contribution >= 4 is 17.4 Å². The van der Waals surface area contributed by atoms with E-state index in [0.717, 1.165) is 24.0 Å². The van der Waals surface area contributed by atoms with E-state index in [0.29, 0.717) is 42.3 Å². The lowest BCUT2D eigenvalue weighted by Gasteiger charge is -2.34. The van der Waals surface area contributed by atoms with Gasteiger partial charge in [-0.2, -0.15) is 0 Å². The van der Waals surface area contributed by atoms with Crippen LogP contribution in [-0.4, -0.2) is 67.2 Å². The summed E-state index contributed by atoms with van der Waals surface area (Å²) in [5.74, 6) is 0.812. The lowest BCUT2D eigenvalue weighted by Crippen LogP contribution is -2.41. The molecule has 1 saturated heterocycles. The maximum atomic E-state index is 13.5. The molecule has 2 aromatic rings. The zero-order valence-corrected chi connectivity index (χ0v) is 19.1. The van der Waals surface area contributed by atoms with Gasteiger partial charge in [-0.15, -0.1) is 0 Å². The molecule has 2 aliphatic rings. The van der Waals surface area contributed by atoms with E-state index in [9.17, 15) is 14.7 Å². The van der Waals surface area contributed by atoms with Crippen LogP contribution in [0.15, 0.2) is 54.2 Å². The van der Waals surface area contributed by atoms with Gasteiger partial charge in [0.15, 0.2) is 11.5 Å². The van der Waals surface area contributed by atoms with Crippen molar-refractivity contribution in [2.75, 3.05) is 40.5 Å². The van der Waals surface area contributed by atoms with Crippen molar-refractivity contribution in [3.8, 4) is 11.5 Å². The SMILES string of the molecule is COc1ccc(CCN2C(=O)C(c3ccccc3)=C(N3CCCC(CO)C3)C2=O)cc1OC. The lowest BCUT2D eigenvalue weighted by atomic mass is 9.97. The molecule has 33 heavy (non-hydrogen) atoms. The first-order valence-corrected chi connectivity index (χ1v) is 11.3. The van der Waals surface area contributed by atoms with Crippen LogP contribution in [0.5, 0.6) is 11.5 Å². The number of imide groups is 1. The van der Waals surface area contributed by atoms with Gasteiger partial charge < -0.3 is 19.5 Å². The first-order chi connectivity index (χ1) is 16.1. The number of aliphatic hydroxyl groups is 1. The van der Waals surface area contributed by atoms with Crippen molar-refractivity contribution in [1.82, 2.24) is 9.80 Å². The van der Waals surface area contributed by atoms with Crippen molar-refractivity contribution in [3.63, 3.8) is 0 Å². The van der Waals surface area contributed by atoms with Crippen molar-refractivity contribution in [1.29, 1.82) is 0 Å². The molecule has 1 fully saturated rings. The highest BCUT2D eigenvalue weighted by Gasteiger charge is 2.42. The van der Waals surface area contributed by atoms with E-state index < -0.39 is 0 Å². The minimum atomic E-state index is -0.271. The summed E-state index contributed by atoms with van der Waals surface area (Å²) in [6.45, 7) is 1.62. The lowest BCUT2D eigenvalue weighted by molar-refractivity contribution is -0.137. The van der Waals surface area contributed by atoms with Crippen LogP contribution in [0, 0.1) is 5.92 Å². The Kier molecular flexibility index (Phi) is 6.99. The summed E-state index contributed by atoms with van der Waals surface area (Å²) >= 11 is 0. The summed E-state index contributed by atoms with van der Waals surface area (Å²) in [4.78, 5) is 30.4. The van der Waals surface area contributed by atoms with E-state index in [2.05, 4.69) is 0 Å². The van der Waals surface area contributed by atoms with E-state index in [1.54, 1.807) is 14.2 Å². The number of carbonyl (C=O) groups is 2. The van der Waals surface area contributed by atoms with Gasteiger partial charge in [0.2, 0.25) is 0 Å². The fourth-order valence-corrected chi connectivity index (χ4v) is 4.62. The molecule has 0 aromatic heterocycles. The minimum Gasteiger partial charge on any atom is -0.493 e. The van der Waals surface area contributed by atoms with Gasteiger partial charge in [-0.3, -0.25) is 14.5 Å². The molecule has 2 amide bonds. The van der Waals surface area contributed by atoms with E-state index in [-0.39, 0.29) is 30.9 Å². The highest BCUT2D eigenvalue weighted by Crippen LogP contribution is 2.34. The first kappa shape index (κ1) is 22.9. The van der Waals surface area contributed by atoms with Crippen molar-refractivity contribution in [2.24, 2.45) is 5.92 Å². The van der Waals surface area contributed by atoms with E-state index in [1.807, 2.05) is 53.4 Å². The van der Waals surface area contributed by atoms with Gasteiger partial charge >= 0.3 is 0 Å². The largest absolute Gasteiger partial charge is 0.493 e. The molecule has 7 nitrogen and oxygen atoms in total. The summed E-state index contributed by atoms with van der Waals surface area (Å²) in [7, 11) is 3.16. The number of likely N-dealkylation sites (tertiary alicyclic amines) is 1. The van der Waals surface area contributed by atoms with Crippen LogP contribution < -0.4 is 9.47 Å². The molecule has 0 saturated carbocycles. The third-order valence-electron chi connectivity index (χ3n) is 6.37. The number of aliphatic hydroxyl groups excluding tert-OH is 1. The normalized spacial score (nSPS) is 18.8. The molecule has 0 spiro atoms. The number of carbonyl (C=O) groups excluding carboxylic acids is 2. The van der Waals surface area contributed by atoms with E-state index in [4.69, 9.17) is 9.47 Å². The molecule has 1 N–H and O–H groups in total. The summed E-state index contributed by atoms with van der Waals surface area (Å²) in [6, 6.07) is 15.0. The minimum absolute atomic E-state index is 0.0790. The van der Waals surface area contributed by atoms with Gasteiger partial charge in [0, 0.05) is 26.2 Å². The van der Waals surface area contributed by atoms with Gasteiger partial charge in [-0.1, -0.05) is 36.4 Å². The van der Waals surface area contributed by atoms with Gasteiger partial charge in [0.25, 0.3) is 11.8 Å². The Morgan fingerprint density at radius 2 is 1.76 bits per heavy atom. The van der Waals surface area contributed by atoms with Crippen LogP contribution in [0.3, 0.4) is 0 Å². The molecule has 1 atom stereocenters. The monoisotopic (exact) mass is 450 g/mol. The number of hydrogen-bond acceptors (Lipinski definition) is 6. The molecular formula is C26H30N2O5. The second-order valence-corrected chi connectivity index (χ2v) is 8.43. The average molecular weight is 451 g/mol. The second-order valence-electron chi connectivity index (χ2n) is 8.43. The molecule has 1 unspecified atom stereocenters. The average Bonchev–Trinajstić information content (AvgIpc) is 3.12. The van der Waals surface area contributed by atoms with Crippen LogP contribution in [0.1, 0.15) is 24.0 Å². The van der Waals surface area contributed by atoms with E-state index >= 15 is 0 Å². The van der Waals surface area contributed by atoms with Crippen molar-refractivity contribution < 1.29 is 24.2 Å². The van der Waals surface area contributed by atoms with Gasteiger partial charge in [0.05, 0.1) is 19.8 Å². The van der Waals surface area contributed by atoms with Crippen molar-refractivity contribution in [2.45, 2.75) is 19.3 Å². The number of piperidine rings is 1. The fraction of sp³-hybridized carbons (Fsp3) is 0.385. The summed E-state index contributed by atoms with van der Waals surface area (Å²) < 4.78 is 10.7. The molecule has 2 heterocycles. The standard InChI is InChI=1S/C26H30N2O5/c1-32-21-11-10-18(15-22(21)33-2)12-14-28-25(30)23(20-8-4-3-5-9-20)24(26(28)31)27-13-6-7-19(16-27)17-29/h3-5,8-11,15,19,29H,6-7,12-14,16-17H2,1-2H3. The molecule has 174 valence electrons. The Balaban J connectivity index is 1.60. The van der Waals surface area contributed by atoms with Crippen LogP contribution in [0.25, 0.3) is 5.57 Å². The second kappa shape index (κ2) is 10.1. The zero-order valence-electron chi connectivity index (χ0n) is 19.1. The highest BCUT2D eigenvalue weighted by molar-refractivity contribution is 6.35. The molecule has 0 radical (unpaired) electrons. The number of rotatable bonds is 8. The van der Waals surface area contributed by atoms with Gasteiger partial charge in [-0.05, 0) is 48.4 Å². The number of ether oxygens (including phenoxy) is 2. The summed E-state index contributed by atoms with van der Waals surface area (Å²) in [5, 5.41) is 9.67. The van der Waals surface area contributed by atoms with Crippen LogP contribution >= 0.6 is 0 Å². The van der Waals surface area contributed by atoms with Crippen molar-refractivity contribution in [3.05, 3.63) is 65.4 Å². The molecule has 2 aromatic carbocycles. The molecular weight excluding hydrogens is 420 g/mol. The van der Waals surface area contributed by atoms with Crippen LogP contribution in [-0.2, 0) is 16.0 Å².